The molecule has 1 fully saturated rings. The van der Waals surface area contributed by atoms with Gasteiger partial charge in [-0.1, -0.05) is 19.9 Å². The zero-order valence-corrected chi connectivity index (χ0v) is 15.0. The first-order valence-electron chi connectivity index (χ1n) is 8.78. The van der Waals surface area contributed by atoms with Gasteiger partial charge in [-0.25, -0.2) is 4.39 Å². The van der Waals surface area contributed by atoms with Crippen LogP contribution in [0.15, 0.2) is 18.2 Å². The summed E-state index contributed by atoms with van der Waals surface area (Å²) in [6, 6.07) is 4.79. The minimum absolute atomic E-state index is 0.0378. The zero-order chi connectivity index (χ0) is 17.7. The Morgan fingerprint density at radius 1 is 1.38 bits per heavy atom. The molecule has 2 rings (SSSR count). The van der Waals surface area contributed by atoms with E-state index in [1.807, 2.05) is 11.8 Å². The van der Waals surface area contributed by atoms with E-state index in [1.165, 1.54) is 12.1 Å². The predicted molar refractivity (Wildman–Crippen MR) is 93.3 cm³/mol. The van der Waals surface area contributed by atoms with Gasteiger partial charge in [0, 0.05) is 38.8 Å². The molecule has 1 saturated heterocycles. The Morgan fingerprint density at radius 2 is 2.12 bits per heavy atom. The fraction of sp³-hybridized carbons (Fsp3) is 0.632. The Bertz CT molecular complexity index is 562. The number of carbonyl (C=O) groups is 1. The smallest absolute Gasteiger partial charge is 0.227 e. The number of halogens is 1. The van der Waals surface area contributed by atoms with Crippen molar-refractivity contribution >= 4 is 5.91 Å². The highest BCUT2D eigenvalue weighted by Gasteiger charge is 2.29. The molecule has 1 aliphatic rings. The SMILES string of the molecule is Cc1ccc(F)cc1CC(=O)N1CCN(CC(C)C)[C@@H](CCO)C1. The molecule has 1 aliphatic heterocycles. The summed E-state index contributed by atoms with van der Waals surface area (Å²) in [5.74, 6) is 0.294. The monoisotopic (exact) mass is 336 g/mol. The minimum Gasteiger partial charge on any atom is -0.396 e. The van der Waals surface area contributed by atoms with Crippen LogP contribution in [0.2, 0.25) is 0 Å². The number of aryl methyl sites for hydroxylation is 1. The number of nitrogens with zero attached hydrogens (tertiary/aromatic N) is 2. The van der Waals surface area contributed by atoms with Gasteiger partial charge in [0.25, 0.3) is 0 Å². The van der Waals surface area contributed by atoms with Gasteiger partial charge in [0.2, 0.25) is 5.91 Å². The maximum atomic E-state index is 13.4. The van der Waals surface area contributed by atoms with Crippen molar-refractivity contribution in [2.45, 2.75) is 39.7 Å². The molecular weight excluding hydrogens is 307 g/mol. The summed E-state index contributed by atoms with van der Waals surface area (Å²) in [6.45, 7) is 9.54. The van der Waals surface area contributed by atoms with E-state index in [1.54, 1.807) is 6.07 Å². The van der Waals surface area contributed by atoms with Crippen molar-refractivity contribution in [1.82, 2.24) is 9.80 Å². The first-order valence-corrected chi connectivity index (χ1v) is 8.78. The molecule has 0 radical (unpaired) electrons. The van der Waals surface area contributed by atoms with Crippen LogP contribution in [0.25, 0.3) is 0 Å². The molecule has 0 saturated carbocycles. The molecule has 0 spiro atoms. The third kappa shape index (κ3) is 5.02. The van der Waals surface area contributed by atoms with Crippen LogP contribution in [0.4, 0.5) is 4.39 Å². The molecule has 0 aliphatic carbocycles. The Kier molecular flexibility index (Phi) is 6.75. The van der Waals surface area contributed by atoms with Gasteiger partial charge in [0.05, 0.1) is 6.42 Å². The van der Waals surface area contributed by atoms with Gasteiger partial charge >= 0.3 is 0 Å². The molecule has 4 nitrogen and oxygen atoms in total. The average molecular weight is 336 g/mol. The van der Waals surface area contributed by atoms with Gasteiger partial charge < -0.3 is 10.0 Å². The Morgan fingerprint density at radius 3 is 2.79 bits per heavy atom. The summed E-state index contributed by atoms with van der Waals surface area (Å²) < 4.78 is 13.4. The molecule has 0 aromatic heterocycles. The number of carbonyl (C=O) groups excluding carboxylic acids is 1. The van der Waals surface area contributed by atoms with E-state index in [0.717, 1.165) is 24.2 Å². The molecule has 1 atom stereocenters. The molecule has 5 heteroatoms. The van der Waals surface area contributed by atoms with Crippen molar-refractivity contribution < 1.29 is 14.3 Å². The van der Waals surface area contributed by atoms with Crippen molar-refractivity contribution in [3.8, 4) is 0 Å². The summed E-state index contributed by atoms with van der Waals surface area (Å²) >= 11 is 0. The second-order valence-corrected chi connectivity index (χ2v) is 7.14. The van der Waals surface area contributed by atoms with Crippen molar-refractivity contribution in [1.29, 1.82) is 0 Å². The molecule has 1 heterocycles. The zero-order valence-electron chi connectivity index (χ0n) is 15.0. The van der Waals surface area contributed by atoms with Gasteiger partial charge in [-0.05, 0) is 42.5 Å². The maximum Gasteiger partial charge on any atom is 0.227 e. The molecule has 134 valence electrons. The van der Waals surface area contributed by atoms with Gasteiger partial charge in [0.1, 0.15) is 5.82 Å². The predicted octanol–water partition coefficient (Wildman–Crippen LogP) is 2.23. The first-order chi connectivity index (χ1) is 11.4. The van der Waals surface area contributed by atoms with E-state index in [0.29, 0.717) is 25.4 Å². The Labute approximate surface area is 144 Å². The van der Waals surface area contributed by atoms with Gasteiger partial charge in [-0.15, -0.1) is 0 Å². The fourth-order valence-electron chi connectivity index (χ4n) is 3.36. The normalized spacial score (nSPS) is 19.1. The average Bonchev–Trinajstić information content (AvgIpc) is 2.52. The second kappa shape index (κ2) is 8.58. The van der Waals surface area contributed by atoms with E-state index in [2.05, 4.69) is 18.7 Å². The van der Waals surface area contributed by atoms with Crippen LogP contribution in [0.3, 0.4) is 0 Å². The number of hydrogen-bond acceptors (Lipinski definition) is 3. The highest BCUT2D eigenvalue weighted by Crippen LogP contribution is 2.17. The Hall–Kier alpha value is -1.46. The Balaban J connectivity index is 2.01. The molecular formula is C19H29FN2O2. The standard InChI is InChI=1S/C19H29FN2O2/c1-14(2)12-21-7-8-22(13-18(21)6-9-23)19(24)11-16-10-17(20)5-4-15(16)3/h4-5,10,14,18,23H,6-9,11-13H2,1-3H3/t18-/m0/s1. The third-order valence-corrected chi connectivity index (χ3v) is 4.67. The molecule has 1 N–H and O–H groups in total. The van der Waals surface area contributed by atoms with E-state index < -0.39 is 0 Å². The summed E-state index contributed by atoms with van der Waals surface area (Å²) in [5, 5.41) is 9.33. The summed E-state index contributed by atoms with van der Waals surface area (Å²) in [4.78, 5) is 16.9. The van der Waals surface area contributed by atoms with Crippen LogP contribution in [-0.2, 0) is 11.2 Å². The topological polar surface area (TPSA) is 43.8 Å². The van der Waals surface area contributed by atoms with Crippen LogP contribution in [0.5, 0.6) is 0 Å². The van der Waals surface area contributed by atoms with Crippen molar-refractivity contribution in [3.05, 3.63) is 35.1 Å². The van der Waals surface area contributed by atoms with E-state index >= 15 is 0 Å². The minimum atomic E-state index is -0.302. The van der Waals surface area contributed by atoms with E-state index in [9.17, 15) is 14.3 Å². The van der Waals surface area contributed by atoms with Gasteiger partial charge in [-0.3, -0.25) is 9.69 Å². The summed E-state index contributed by atoms with van der Waals surface area (Å²) in [5.41, 5.74) is 1.69. The lowest BCUT2D eigenvalue weighted by Gasteiger charge is -2.42. The van der Waals surface area contributed by atoms with Crippen LogP contribution < -0.4 is 0 Å². The first kappa shape index (κ1) is 18.9. The lowest BCUT2D eigenvalue weighted by Crippen LogP contribution is -2.56. The third-order valence-electron chi connectivity index (χ3n) is 4.67. The largest absolute Gasteiger partial charge is 0.396 e. The molecule has 1 aromatic rings. The second-order valence-electron chi connectivity index (χ2n) is 7.14. The number of rotatable bonds is 6. The van der Waals surface area contributed by atoms with Crippen LogP contribution in [0, 0.1) is 18.7 Å². The van der Waals surface area contributed by atoms with Crippen molar-refractivity contribution in [2.24, 2.45) is 5.92 Å². The van der Waals surface area contributed by atoms with Crippen LogP contribution in [-0.4, -0.2) is 59.6 Å². The quantitative estimate of drug-likeness (QED) is 0.866. The molecule has 1 aromatic carbocycles. The number of amides is 1. The van der Waals surface area contributed by atoms with Crippen LogP contribution in [0.1, 0.15) is 31.4 Å². The van der Waals surface area contributed by atoms with Crippen molar-refractivity contribution in [3.63, 3.8) is 0 Å². The number of hydrogen-bond donors (Lipinski definition) is 1. The number of aliphatic hydroxyl groups is 1. The highest BCUT2D eigenvalue weighted by atomic mass is 19.1. The summed E-state index contributed by atoms with van der Waals surface area (Å²) in [6.07, 6.45) is 0.912. The number of aliphatic hydroxyl groups excluding tert-OH is 1. The van der Waals surface area contributed by atoms with Gasteiger partial charge in [0.15, 0.2) is 0 Å². The maximum absolute atomic E-state index is 13.4. The van der Waals surface area contributed by atoms with E-state index in [-0.39, 0.29) is 30.8 Å². The van der Waals surface area contributed by atoms with Crippen LogP contribution >= 0.6 is 0 Å². The lowest BCUT2D eigenvalue weighted by molar-refractivity contribution is -0.133. The summed E-state index contributed by atoms with van der Waals surface area (Å²) in [7, 11) is 0. The number of benzene rings is 1. The van der Waals surface area contributed by atoms with Gasteiger partial charge in [-0.2, -0.15) is 0 Å². The molecule has 24 heavy (non-hydrogen) atoms. The number of piperazine rings is 1. The van der Waals surface area contributed by atoms with Crippen molar-refractivity contribution in [2.75, 3.05) is 32.8 Å². The lowest BCUT2D eigenvalue weighted by atomic mass is 10.0. The highest BCUT2D eigenvalue weighted by molar-refractivity contribution is 5.79. The molecule has 0 bridgehead atoms. The fourth-order valence-corrected chi connectivity index (χ4v) is 3.36. The molecule has 0 unspecified atom stereocenters. The van der Waals surface area contributed by atoms with E-state index in [4.69, 9.17) is 0 Å². The molecule has 1 amide bonds.